The predicted molar refractivity (Wildman–Crippen MR) is 89.6 cm³/mol. The largest absolute Gasteiger partial charge is 0.455 e. The molecule has 3 aliphatic rings. The molecule has 138 valence electrons. The molecule has 0 atom stereocenters. The predicted octanol–water partition coefficient (Wildman–Crippen LogP) is 2.24. The van der Waals surface area contributed by atoms with Crippen LogP contribution in [0.15, 0.2) is 10.7 Å². The highest BCUT2D eigenvalue weighted by molar-refractivity contribution is 6.42. The number of hydrogen-bond acceptors (Lipinski definition) is 5. The lowest BCUT2D eigenvalue weighted by Crippen LogP contribution is -2.47. The summed E-state index contributed by atoms with van der Waals surface area (Å²) in [6, 6.07) is 0. The maximum Gasteiger partial charge on any atom is 0.410 e. The number of amides is 2. The molecule has 0 unspecified atom stereocenters. The minimum Gasteiger partial charge on any atom is -0.455 e. The molecule has 2 amide bonds. The van der Waals surface area contributed by atoms with Crippen molar-refractivity contribution in [1.82, 2.24) is 9.80 Å². The van der Waals surface area contributed by atoms with Gasteiger partial charge in [0.15, 0.2) is 0 Å². The molecule has 7 nitrogen and oxygen atoms in total. The van der Waals surface area contributed by atoms with E-state index in [1.54, 1.807) is 9.80 Å². The number of carbonyl (C=O) groups is 3. The second-order valence-corrected chi connectivity index (χ2v) is 8.17. The Morgan fingerprint density at radius 3 is 2.28 bits per heavy atom. The second kappa shape index (κ2) is 6.20. The Kier molecular flexibility index (Phi) is 4.47. The Balaban J connectivity index is 1.65. The average Bonchev–Trinajstić information content (AvgIpc) is 3.01. The van der Waals surface area contributed by atoms with Crippen LogP contribution in [0.25, 0.3) is 0 Å². The molecule has 0 N–H and O–H groups in total. The van der Waals surface area contributed by atoms with Crippen molar-refractivity contribution in [2.24, 2.45) is 5.41 Å². The maximum atomic E-state index is 13.0. The maximum absolute atomic E-state index is 13.0. The van der Waals surface area contributed by atoms with Gasteiger partial charge < -0.3 is 19.3 Å². The molecule has 3 aliphatic heterocycles. The number of cyclic esters (lactones) is 1. The van der Waals surface area contributed by atoms with Gasteiger partial charge >= 0.3 is 12.1 Å². The number of likely N-dealkylation sites (tertiary alicyclic amines) is 2. The van der Waals surface area contributed by atoms with E-state index in [1.807, 2.05) is 20.8 Å². The highest BCUT2D eigenvalue weighted by atomic mass is 35.5. The van der Waals surface area contributed by atoms with Gasteiger partial charge in [-0.15, -0.1) is 0 Å². The Labute approximate surface area is 151 Å². The van der Waals surface area contributed by atoms with E-state index in [0.717, 1.165) is 0 Å². The summed E-state index contributed by atoms with van der Waals surface area (Å²) < 4.78 is 10.3. The average molecular weight is 371 g/mol. The summed E-state index contributed by atoms with van der Waals surface area (Å²) in [5.41, 5.74) is -0.568. The lowest BCUT2D eigenvalue weighted by Gasteiger charge is -2.38. The molecule has 0 radical (unpaired) electrons. The van der Waals surface area contributed by atoms with E-state index < -0.39 is 17.0 Å². The van der Waals surface area contributed by atoms with Gasteiger partial charge in [-0.05, 0) is 40.0 Å². The van der Waals surface area contributed by atoms with Crippen LogP contribution in [0.4, 0.5) is 4.79 Å². The molecule has 8 heteroatoms. The molecular weight excluding hydrogens is 348 g/mol. The third-order valence-corrected chi connectivity index (χ3v) is 5.36. The molecule has 2 saturated heterocycles. The topological polar surface area (TPSA) is 76.2 Å². The van der Waals surface area contributed by atoms with Crippen molar-refractivity contribution in [1.29, 1.82) is 0 Å². The quantitative estimate of drug-likeness (QED) is 0.662. The summed E-state index contributed by atoms with van der Waals surface area (Å²) in [6.07, 6.45) is 1.52. The van der Waals surface area contributed by atoms with E-state index in [0.29, 0.717) is 44.6 Å². The Morgan fingerprint density at radius 1 is 1.16 bits per heavy atom. The van der Waals surface area contributed by atoms with Gasteiger partial charge in [-0.1, -0.05) is 11.6 Å². The first-order chi connectivity index (χ1) is 11.6. The minimum atomic E-state index is -0.579. The van der Waals surface area contributed by atoms with Crippen LogP contribution in [-0.2, 0) is 19.1 Å². The molecule has 0 bridgehead atoms. The number of esters is 1. The van der Waals surface area contributed by atoms with Crippen molar-refractivity contribution in [2.45, 2.75) is 45.6 Å². The van der Waals surface area contributed by atoms with Gasteiger partial charge in [0.1, 0.15) is 17.2 Å². The monoisotopic (exact) mass is 370 g/mol. The third-order valence-electron chi connectivity index (χ3n) is 4.98. The van der Waals surface area contributed by atoms with Crippen LogP contribution in [-0.4, -0.2) is 59.6 Å². The summed E-state index contributed by atoms with van der Waals surface area (Å²) in [5, 5.41) is -0.00316. The first kappa shape index (κ1) is 18.0. The van der Waals surface area contributed by atoms with Crippen LogP contribution in [0.2, 0.25) is 0 Å². The van der Waals surface area contributed by atoms with Crippen molar-refractivity contribution in [3.63, 3.8) is 0 Å². The number of nitrogens with zero attached hydrogens (tertiary/aromatic N) is 2. The second-order valence-electron chi connectivity index (χ2n) is 7.79. The molecule has 3 heterocycles. The summed E-state index contributed by atoms with van der Waals surface area (Å²) in [4.78, 5) is 39.8. The van der Waals surface area contributed by atoms with Crippen molar-refractivity contribution < 1.29 is 23.9 Å². The molecule has 0 aromatic heterocycles. The Hall–Kier alpha value is -1.76. The number of hydrogen-bond donors (Lipinski definition) is 0. The van der Waals surface area contributed by atoms with Gasteiger partial charge in [0.25, 0.3) is 0 Å². The summed E-state index contributed by atoms with van der Waals surface area (Å²) in [5.74, 6) is -0.604. The summed E-state index contributed by atoms with van der Waals surface area (Å²) in [6.45, 7) is 7.02. The van der Waals surface area contributed by atoms with E-state index in [-0.39, 0.29) is 23.6 Å². The van der Waals surface area contributed by atoms with Gasteiger partial charge in [0.05, 0.1) is 11.1 Å². The van der Waals surface area contributed by atoms with Crippen molar-refractivity contribution >= 4 is 29.6 Å². The van der Waals surface area contributed by atoms with Crippen LogP contribution < -0.4 is 0 Å². The van der Waals surface area contributed by atoms with Crippen molar-refractivity contribution in [3.8, 4) is 0 Å². The smallest absolute Gasteiger partial charge is 0.410 e. The number of piperidine rings is 1. The third kappa shape index (κ3) is 3.34. The highest BCUT2D eigenvalue weighted by Gasteiger charge is 2.51. The summed E-state index contributed by atoms with van der Waals surface area (Å²) in [7, 11) is 0. The van der Waals surface area contributed by atoms with Crippen LogP contribution in [0, 0.1) is 5.41 Å². The van der Waals surface area contributed by atoms with Crippen molar-refractivity contribution in [2.75, 3.05) is 26.2 Å². The summed E-state index contributed by atoms with van der Waals surface area (Å²) >= 11 is 5.97. The van der Waals surface area contributed by atoms with Gasteiger partial charge in [-0.2, -0.15) is 0 Å². The molecule has 0 aromatic rings. The zero-order valence-corrected chi connectivity index (χ0v) is 15.5. The SMILES string of the molecule is CC(C)(C)OC(=O)N1CCC2(CC1)CCN(C1=C(Cl)C(=O)OC1)C2=O. The number of carbonyl (C=O) groups excluding carboxylic acids is 3. The van der Waals surface area contributed by atoms with Crippen LogP contribution in [0.5, 0.6) is 0 Å². The fourth-order valence-electron chi connectivity index (χ4n) is 3.56. The van der Waals surface area contributed by atoms with E-state index in [4.69, 9.17) is 21.1 Å². The standard InChI is InChI=1S/C17H23ClN2O5/c1-16(2,3)25-15(23)19-7-4-17(5-8-19)6-9-20(14(17)22)11-10-24-13(21)12(11)18/h4-10H2,1-3H3. The highest BCUT2D eigenvalue weighted by Crippen LogP contribution is 2.44. The van der Waals surface area contributed by atoms with Crippen LogP contribution in [0.3, 0.4) is 0 Å². The van der Waals surface area contributed by atoms with E-state index in [1.165, 1.54) is 0 Å². The van der Waals surface area contributed by atoms with Crippen molar-refractivity contribution in [3.05, 3.63) is 10.7 Å². The van der Waals surface area contributed by atoms with Crippen LogP contribution >= 0.6 is 11.6 Å². The number of ether oxygens (including phenoxy) is 2. The normalized spacial score (nSPS) is 23.5. The molecule has 25 heavy (non-hydrogen) atoms. The molecular formula is C17H23ClN2O5. The van der Waals surface area contributed by atoms with E-state index in [2.05, 4.69) is 0 Å². The molecule has 0 saturated carbocycles. The lowest BCUT2D eigenvalue weighted by molar-refractivity contribution is -0.138. The zero-order valence-electron chi connectivity index (χ0n) is 14.8. The minimum absolute atomic E-state index is 0.00316. The van der Waals surface area contributed by atoms with Crippen LogP contribution in [0.1, 0.15) is 40.0 Å². The van der Waals surface area contributed by atoms with Gasteiger partial charge in [0, 0.05) is 19.6 Å². The molecule has 3 rings (SSSR count). The fourth-order valence-corrected chi connectivity index (χ4v) is 3.77. The Morgan fingerprint density at radius 2 is 1.76 bits per heavy atom. The number of rotatable bonds is 1. The Bertz CT molecular complexity index is 644. The molecule has 0 aliphatic carbocycles. The number of halogens is 1. The van der Waals surface area contributed by atoms with Gasteiger partial charge in [-0.3, -0.25) is 4.79 Å². The first-order valence-corrected chi connectivity index (χ1v) is 8.86. The van der Waals surface area contributed by atoms with Gasteiger partial charge in [0.2, 0.25) is 5.91 Å². The molecule has 1 spiro atoms. The fraction of sp³-hybridized carbons (Fsp3) is 0.706. The van der Waals surface area contributed by atoms with E-state index in [9.17, 15) is 14.4 Å². The first-order valence-electron chi connectivity index (χ1n) is 8.49. The molecule has 2 fully saturated rings. The lowest BCUT2D eigenvalue weighted by atomic mass is 9.77. The molecule has 0 aromatic carbocycles. The zero-order chi connectivity index (χ0) is 18.4. The van der Waals surface area contributed by atoms with Gasteiger partial charge in [-0.25, -0.2) is 9.59 Å². The van der Waals surface area contributed by atoms with E-state index >= 15 is 0 Å².